The summed E-state index contributed by atoms with van der Waals surface area (Å²) in [5, 5.41) is 0.754. The van der Waals surface area contributed by atoms with Crippen molar-refractivity contribution >= 4 is 28.6 Å². The summed E-state index contributed by atoms with van der Waals surface area (Å²) in [6.07, 6.45) is 2.51. The average Bonchev–Trinajstić information content (AvgIpc) is 3.74. The molecule has 38 heavy (non-hydrogen) atoms. The summed E-state index contributed by atoms with van der Waals surface area (Å²) in [7, 11) is 0. The number of pyridine rings is 1. The molecule has 2 N–H and O–H groups in total. The number of hydrogen-bond donors (Lipinski definition) is 1. The van der Waals surface area contributed by atoms with Crippen LogP contribution in [0.3, 0.4) is 0 Å². The Hall–Kier alpha value is -3.92. The molecule has 0 bridgehead atoms. The highest BCUT2D eigenvalue weighted by molar-refractivity contribution is 5.94. The third-order valence-electron chi connectivity index (χ3n) is 7.70. The van der Waals surface area contributed by atoms with Gasteiger partial charge < -0.3 is 20.3 Å². The minimum absolute atomic E-state index is 0.0391. The van der Waals surface area contributed by atoms with Gasteiger partial charge in [-0.2, -0.15) is 0 Å². The van der Waals surface area contributed by atoms with Crippen molar-refractivity contribution in [2.75, 3.05) is 19.7 Å². The van der Waals surface area contributed by atoms with E-state index in [1.54, 1.807) is 24.3 Å². The van der Waals surface area contributed by atoms with Crippen LogP contribution in [0.5, 0.6) is 0 Å². The maximum atomic E-state index is 15.2. The first-order valence-electron chi connectivity index (χ1n) is 12.6. The smallest absolute Gasteiger partial charge is 0.267 e. The second-order valence-corrected chi connectivity index (χ2v) is 10.4. The Morgan fingerprint density at radius 3 is 2.47 bits per heavy atom. The largest absolute Gasteiger partial charge is 0.364 e. The Morgan fingerprint density at radius 2 is 1.79 bits per heavy atom. The number of hydrogen-bond acceptors (Lipinski definition) is 5. The van der Waals surface area contributed by atoms with Crippen molar-refractivity contribution in [3.05, 3.63) is 65.4 Å². The van der Waals surface area contributed by atoms with Crippen LogP contribution in [0.25, 0.3) is 22.0 Å². The zero-order chi connectivity index (χ0) is 26.6. The molecule has 3 aliphatic rings. The Labute approximate surface area is 217 Å². The van der Waals surface area contributed by atoms with E-state index in [4.69, 9.17) is 10.5 Å². The molecule has 3 fully saturated rings. The van der Waals surface area contributed by atoms with Gasteiger partial charge in [0.05, 0.1) is 30.6 Å². The Bertz CT molecular complexity index is 1470. The molecule has 1 aromatic heterocycles. The molecule has 10 heteroatoms. The average molecular weight is 521 g/mol. The van der Waals surface area contributed by atoms with Crippen LogP contribution in [0.1, 0.15) is 41.7 Å². The van der Waals surface area contributed by atoms with Crippen molar-refractivity contribution < 1.29 is 27.9 Å². The molecule has 6 rings (SSSR count). The standard InChI is InChI=1S/C28H26F2N4O4/c29-21-9-18(17-2-1-16-3-6-23(27(31)37)32-24(16)11-17)10-22(30)20(21)13-33-8-7-28(12-25(33)35)15-34(19-4-5-19)26(36)14-38-28/h1-3,6,9-11,19H,4-5,7-8,12-15H2,(H2,31,37). The highest BCUT2D eigenvalue weighted by Gasteiger charge is 2.48. The number of fused-ring (bicyclic) bond motifs is 1. The second-order valence-electron chi connectivity index (χ2n) is 10.4. The number of nitrogens with zero attached hydrogens (tertiary/aromatic N) is 3. The van der Waals surface area contributed by atoms with Gasteiger partial charge in [0, 0.05) is 23.5 Å². The number of benzene rings is 2. The predicted octanol–water partition coefficient (Wildman–Crippen LogP) is 3.16. The van der Waals surface area contributed by atoms with Crippen LogP contribution < -0.4 is 5.73 Å². The number of amides is 3. The number of likely N-dealkylation sites (tertiary alicyclic amines) is 1. The van der Waals surface area contributed by atoms with Crippen LogP contribution in [0, 0.1) is 11.6 Å². The Kier molecular flexibility index (Phi) is 5.86. The maximum absolute atomic E-state index is 15.2. The maximum Gasteiger partial charge on any atom is 0.267 e. The summed E-state index contributed by atoms with van der Waals surface area (Å²) in [6, 6.07) is 11.0. The van der Waals surface area contributed by atoms with E-state index in [1.807, 2.05) is 4.90 Å². The summed E-state index contributed by atoms with van der Waals surface area (Å²) in [6.45, 7) is 0.432. The van der Waals surface area contributed by atoms with Crippen LogP contribution >= 0.6 is 0 Å². The number of ether oxygens (including phenoxy) is 1. The third-order valence-corrected chi connectivity index (χ3v) is 7.70. The van der Waals surface area contributed by atoms with Gasteiger partial charge in [0.15, 0.2) is 0 Å². The van der Waals surface area contributed by atoms with E-state index >= 15 is 8.78 Å². The molecular formula is C28H26F2N4O4. The summed E-state index contributed by atoms with van der Waals surface area (Å²) in [5.74, 6) is -2.48. The van der Waals surface area contributed by atoms with Crippen LogP contribution in [0.2, 0.25) is 0 Å². The van der Waals surface area contributed by atoms with Gasteiger partial charge in [-0.3, -0.25) is 14.4 Å². The molecule has 2 aliphatic heterocycles. The van der Waals surface area contributed by atoms with Gasteiger partial charge in [-0.1, -0.05) is 18.2 Å². The van der Waals surface area contributed by atoms with Gasteiger partial charge >= 0.3 is 0 Å². The van der Waals surface area contributed by atoms with Gasteiger partial charge in [-0.15, -0.1) is 0 Å². The minimum atomic E-state index is -0.758. The molecule has 3 aromatic rings. The molecule has 1 unspecified atom stereocenters. The van der Waals surface area contributed by atoms with E-state index in [-0.39, 0.29) is 55.2 Å². The lowest BCUT2D eigenvalue weighted by atomic mass is 9.88. The fourth-order valence-electron chi connectivity index (χ4n) is 5.37. The summed E-state index contributed by atoms with van der Waals surface area (Å²) in [4.78, 5) is 44.2. The molecule has 1 saturated carbocycles. The van der Waals surface area contributed by atoms with Crippen LogP contribution in [0.4, 0.5) is 8.78 Å². The molecule has 2 saturated heterocycles. The molecule has 8 nitrogen and oxygen atoms in total. The normalized spacial score (nSPS) is 21.9. The van der Waals surface area contributed by atoms with E-state index in [9.17, 15) is 14.4 Å². The lowest BCUT2D eigenvalue weighted by molar-refractivity contribution is -0.178. The third kappa shape index (κ3) is 4.49. The van der Waals surface area contributed by atoms with Gasteiger partial charge in [0.1, 0.15) is 23.9 Å². The van der Waals surface area contributed by atoms with Crippen LogP contribution in [-0.4, -0.2) is 63.8 Å². The number of piperidine rings is 1. The topological polar surface area (TPSA) is 106 Å². The number of morpholine rings is 1. The van der Waals surface area contributed by atoms with E-state index in [0.717, 1.165) is 18.2 Å². The van der Waals surface area contributed by atoms with E-state index in [0.29, 0.717) is 29.6 Å². The second kappa shape index (κ2) is 9.13. The van der Waals surface area contributed by atoms with Crippen molar-refractivity contribution in [1.29, 1.82) is 0 Å². The lowest BCUT2D eigenvalue weighted by Crippen LogP contribution is -2.60. The van der Waals surface area contributed by atoms with Crippen molar-refractivity contribution in [2.24, 2.45) is 5.73 Å². The SMILES string of the molecule is NC(=O)c1ccc2ccc(-c3cc(F)c(CN4CCC5(CC4=O)CN(C4CC4)C(=O)CO5)c(F)c3)cc2n1. The lowest BCUT2D eigenvalue weighted by Gasteiger charge is -2.46. The number of nitrogens with two attached hydrogens (primary N) is 1. The zero-order valence-electron chi connectivity index (χ0n) is 20.6. The first kappa shape index (κ1) is 24.4. The van der Waals surface area contributed by atoms with Gasteiger partial charge in [0.25, 0.3) is 5.91 Å². The van der Waals surface area contributed by atoms with Gasteiger partial charge in [0.2, 0.25) is 11.8 Å². The molecule has 0 radical (unpaired) electrons. The van der Waals surface area contributed by atoms with E-state index in [1.165, 1.54) is 23.1 Å². The minimum Gasteiger partial charge on any atom is -0.364 e. The monoisotopic (exact) mass is 520 g/mol. The quantitative estimate of drug-likeness (QED) is 0.557. The summed E-state index contributed by atoms with van der Waals surface area (Å²) in [5.41, 5.74) is 5.80. The number of halogens is 2. The molecule has 3 heterocycles. The molecule has 2 aromatic carbocycles. The van der Waals surface area contributed by atoms with Crippen molar-refractivity contribution in [2.45, 2.75) is 43.9 Å². The fourth-order valence-corrected chi connectivity index (χ4v) is 5.37. The highest BCUT2D eigenvalue weighted by atomic mass is 19.1. The summed E-state index contributed by atoms with van der Waals surface area (Å²) < 4.78 is 36.2. The van der Waals surface area contributed by atoms with E-state index in [2.05, 4.69) is 4.98 Å². The van der Waals surface area contributed by atoms with Crippen molar-refractivity contribution in [3.63, 3.8) is 0 Å². The predicted molar refractivity (Wildman–Crippen MR) is 134 cm³/mol. The fraction of sp³-hybridized carbons (Fsp3) is 0.357. The van der Waals surface area contributed by atoms with E-state index < -0.39 is 23.1 Å². The number of carbonyl (C=O) groups excluding carboxylic acids is 3. The van der Waals surface area contributed by atoms with Gasteiger partial charge in [-0.25, -0.2) is 13.8 Å². The molecule has 1 aliphatic carbocycles. The first-order valence-corrected chi connectivity index (χ1v) is 12.6. The molecule has 196 valence electrons. The Balaban J connectivity index is 1.19. The van der Waals surface area contributed by atoms with Crippen LogP contribution in [0.15, 0.2) is 42.5 Å². The number of carbonyl (C=O) groups is 3. The number of primary amides is 1. The first-order chi connectivity index (χ1) is 18.2. The molecular weight excluding hydrogens is 494 g/mol. The van der Waals surface area contributed by atoms with Crippen molar-refractivity contribution in [3.8, 4) is 11.1 Å². The molecule has 1 spiro atoms. The molecule has 3 amide bonds. The van der Waals surface area contributed by atoms with Crippen LogP contribution in [-0.2, 0) is 20.9 Å². The molecule has 1 atom stereocenters. The summed E-state index contributed by atoms with van der Waals surface area (Å²) >= 11 is 0. The number of rotatable bonds is 5. The number of aromatic nitrogens is 1. The zero-order valence-corrected chi connectivity index (χ0v) is 20.6. The Morgan fingerprint density at radius 1 is 1.05 bits per heavy atom. The van der Waals surface area contributed by atoms with Gasteiger partial charge in [-0.05, 0) is 54.7 Å². The van der Waals surface area contributed by atoms with Crippen molar-refractivity contribution in [1.82, 2.24) is 14.8 Å². The highest BCUT2D eigenvalue weighted by Crippen LogP contribution is 2.37.